The van der Waals surface area contributed by atoms with Gasteiger partial charge in [-0.1, -0.05) is 6.07 Å². The molecule has 23 heavy (non-hydrogen) atoms. The number of hydrogen-bond donors (Lipinski definition) is 1. The number of aromatic nitrogens is 1. The molecule has 1 aromatic heterocycles. The van der Waals surface area contributed by atoms with Crippen LogP contribution in [0.1, 0.15) is 12.8 Å². The molecule has 2 heterocycles. The molecular formula is C15H19N3O3S2. The summed E-state index contributed by atoms with van der Waals surface area (Å²) in [5, 5.41) is 2.89. The second-order valence-electron chi connectivity index (χ2n) is 5.34. The summed E-state index contributed by atoms with van der Waals surface area (Å²) in [6.07, 6.45) is 3.78. The Bertz CT molecular complexity index is 747. The minimum atomic E-state index is -3.55. The molecule has 0 radical (unpaired) electrons. The molecule has 1 saturated heterocycles. The van der Waals surface area contributed by atoms with Crippen molar-refractivity contribution in [2.24, 2.45) is 0 Å². The largest absolute Gasteiger partial charge is 0.497 e. The van der Waals surface area contributed by atoms with Gasteiger partial charge >= 0.3 is 0 Å². The van der Waals surface area contributed by atoms with Crippen molar-refractivity contribution >= 4 is 26.5 Å². The zero-order valence-corrected chi connectivity index (χ0v) is 14.4. The highest BCUT2D eigenvalue weighted by atomic mass is 32.2. The van der Waals surface area contributed by atoms with Crippen LogP contribution in [0.15, 0.2) is 40.7 Å². The second kappa shape index (κ2) is 6.86. The Balaban J connectivity index is 1.69. The maximum atomic E-state index is 12.5. The van der Waals surface area contributed by atoms with Crippen LogP contribution in [0, 0.1) is 0 Å². The molecule has 0 aliphatic carbocycles. The van der Waals surface area contributed by atoms with Gasteiger partial charge in [0.1, 0.15) is 5.75 Å². The van der Waals surface area contributed by atoms with Crippen molar-refractivity contribution < 1.29 is 13.2 Å². The lowest BCUT2D eigenvalue weighted by atomic mass is 10.2. The summed E-state index contributed by atoms with van der Waals surface area (Å²) in [6.45, 7) is 1.29. The quantitative estimate of drug-likeness (QED) is 0.861. The van der Waals surface area contributed by atoms with Gasteiger partial charge in [0.2, 0.25) is 10.0 Å². The molecule has 1 aromatic carbocycles. The molecule has 1 aliphatic heterocycles. The number of thiazole rings is 1. The van der Waals surface area contributed by atoms with Gasteiger partial charge in [-0.25, -0.2) is 18.1 Å². The Morgan fingerprint density at radius 2 is 2.35 bits per heavy atom. The smallest absolute Gasteiger partial charge is 0.240 e. The molecule has 1 unspecified atom stereocenters. The standard InChI is InChI=1S/C15H19N3O3S2/c1-21-13-5-2-6-14(10-13)23(19,20)17-11-12-4-3-8-18(12)15-16-7-9-22-15/h2,5-7,9-10,12,17H,3-4,8,11H2,1H3. The van der Waals surface area contributed by atoms with E-state index in [1.807, 2.05) is 5.38 Å². The number of ether oxygens (including phenoxy) is 1. The van der Waals surface area contributed by atoms with Crippen LogP contribution in [0.3, 0.4) is 0 Å². The molecule has 0 spiro atoms. The Morgan fingerprint density at radius 1 is 1.48 bits per heavy atom. The van der Waals surface area contributed by atoms with E-state index in [-0.39, 0.29) is 10.9 Å². The molecular weight excluding hydrogens is 334 g/mol. The summed E-state index contributed by atoms with van der Waals surface area (Å²) in [5.41, 5.74) is 0. The minimum absolute atomic E-state index is 0.140. The van der Waals surface area contributed by atoms with E-state index in [1.165, 1.54) is 13.2 Å². The molecule has 0 bridgehead atoms. The Morgan fingerprint density at radius 3 is 3.09 bits per heavy atom. The number of nitrogens with one attached hydrogen (secondary N) is 1. The number of rotatable bonds is 6. The van der Waals surface area contributed by atoms with E-state index in [9.17, 15) is 8.42 Å². The van der Waals surface area contributed by atoms with Gasteiger partial charge in [-0.3, -0.25) is 0 Å². The van der Waals surface area contributed by atoms with E-state index in [1.54, 1.807) is 35.7 Å². The van der Waals surface area contributed by atoms with E-state index in [2.05, 4.69) is 14.6 Å². The lowest BCUT2D eigenvalue weighted by Gasteiger charge is -2.24. The third-order valence-corrected chi connectivity index (χ3v) is 6.13. The average Bonchev–Trinajstić information content (AvgIpc) is 3.24. The monoisotopic (exact) mass is 353 g/mol. The first-order valence-electron chi connectivity index (χ1n) is 7.40. The van der Waals surface area contributed by atoms with Crippen LogP contribution in [0.25, 0.3) is 0 Å². The highest BCUT2D eigenvalue weighted by Crippen LogP contribution is 2.27. The van der Waals surface area contributed by atoms with Gasteiger partial charge < -0.3 is 9.64 Å². The summed E-state index contributed by atoms with van der Waals surface area (Å²) in [4.78, 5) is 6.72. The van der Waals surface area contributed by atoms with Crippen LogP contribution in [0.2, 0.25) is 0 Å². The fraction of sp³-hybridized carbons (Fsp3) is 0.400. The van der Waals surface area contributed by atoms with Crippen molar-refractivity contribution in [3.05, 3.63) is 35.8 Å². The Kier molecular flexibility index (Phi) is 4.84. The molecule has 8 heteroatoms. The van der Waals surface area contributed by atoms with Gasteiger partial charge in [0.05, 0.1) is 12.0 Å². The van der Waals surface area contributed by atoms with Crippen molar-refractivity contribution in [2.45, 2.75) is 23.8 Å². The third-order valence-electron chi connectivity index (χ3n) is 3.90. The first-order valence-corrected chi connectivity index (χ1v) is 9.76. The summed E-state index contributed by atoms with van der Waals surface area (Å²) in [6, 6.07) is 6.63. The predicted molar refractivity (Wildman–Crippen MR) is 90.7 cm³/mol. The van der Waals surface area contributed by atoms with Crippen LogP contribution < -0.4 is 14.4 Å². The molecule has 1 N–H and O–H groups in total. The molecule has 1 atom stereocenters. The van der Waals surface area contributed by atoms with E-state index in [0.29, 0.717) is 12.3 Å². The average molecular weight is 353 g/mol. The number of hydrogen-bond acceptors (Lipinski definition) is 6. The lowest BCUT2D eigenvalue weighted by Crippen LogP contribution is -2.40. The highest BCUT2D eigenvalue weighted by molar-refractivity contribution is 7.89. The maximum Gasteiger partial charge on any atom is 0.240 e. The van der Waals surface area contributed by atoms with E-state index in [0.717, 1.165) is 24.5 Å². The number of sulfonamides is 1. The van der Waals surface area contributed by atoms with Crippen molar-refractivity contribution in [3.63, 3.8) is 0 Å². The summed E-state index contributed by atoms with van der Waals surface area (Å²) < 4.78 is 32.7. The fourth-order valence-electron chi connectivity index (χ4n) is 2.72. The first-order chi connectivity index (χ1) is 11.1. The molecule has 124 valence electrons. The zero-order valence-electron chi connectivity index (χ0n) is 12.8. The number of methoxy groups -OCH3 is 1. The molecule has 3 rings (SSSR count). The Hall–Kier alpha value is -1.64. The minimum Gasteiger partial charge on any atom is -0.497 e. The lowest BCUT2D eigenvalue weighted by molar-refractivity contribution is 0.413. The van der Waals surface area contributed by atoms with Crippen molar-refractivity contribution in [2.75, 3.05) is 25.1 Å². The van der Waals surface area contributed by atoms with Crippen LogP contribution in [0.5, 0.6) is 5.75 Å². The summed E-state index contributed by atoms with van der Waals surface area (Å²) in [5.74, 6) is 0.526. The summed E-state index contributed by atoms with van der Waals surface area (Å²) >= 11 is 1.58. The van der Waals surface area contributed by atoms with E-state index >= 15 is 0 Å². The van der Waals surface area contributed by atoms with Gasteiger partial charge in [-0.05, 0) is 25.0 Å². The zero-order chi connectivity index (χ0) is 16.3. The number of nitrogens with zero attached hydrogens (tertiary/aromatic N) is 2. The number of anilines is 1. The van der Waals surface area contributed by atoms with Crippen LogP contribution in [-0.2, 0) is 10.0 Å². The van der Waals surface area contributed by atoms with Crippen LogP contribution in [-0.4, -0.2) is 39.6 Å². The second-order valence-corrected chi connectivity index (χ2v) is 7.97. The van der Waals surface area contributed by atoms with Crippen molar-refractivity contribution in [3.8, 4) is 5.75 Å². The Labute approximate surface area is 140 Å². The molecule has 6 nitrogen and oxygen atoms in total. The van der Waals surface area contributed by atoms with Gasteiger partial charge in [-0.2, -0.15) is 0 Å². The van der Waals surface area contributed by atoms with Crippen molar-refractivity contribution in [1.29, 1.82) is 0 Å². The SMILES string of the molecule is COc1cccc(S(=O)(=O)NCC2CCCN2c2nccs2)c1. The van der Waals surface area contributed by atoms with Crippen molar-refractivity contribution in [1.82, 2.24) is 9.71 Å². The summed E-state index contributed by atoms with van der Waals surface area (Å²) in [7, 11) is -2.03. The van der Waals surface area contributed by atoms with Crippen LogP contribution in [0.4, 0.5) is 5.13 Å². The third kappa shape index (κ3) is 3.65. The van der Waals surface area contributed by atoms with Gasteiger partial charge in [0.25, 0.3) is 0 Å². The molecule has 2 aromatic rings. The van der Waals surface area contributed by atoms with Gasteiger partial charge in [0.15, 0.2) is 5.13 Å². The predicted octanol–water partition coefficient (Wildman–Crippen LogP) is 2.10. The number of benzene rings is 1. The molecule has 0 saturated carbocycles. The fourth-order valence-corrected chi connectivity index (χ4v) is 4.56. The van der Waals surface area contributed by atoms with E-state index in [4.69, 9.17) is 4.74 Å². The maximum absolute atomic E-state index is 12.5. The normalized spacial score (nSPS) is 18.3. The van der Waals surface area contributed by atoms with E-state index < -0.39 is 10.0 Å². The van der Waals surface area contributed by atoms with Crippen LogP contribution >= 0.6 is 11.3 Å². The molecule has 0 amide bonds. The van der Waals surface area contributed by atoms with Gasteiger partial charge in [0, 0.05) is 36.8 Å². The topological polar surface area (TPSA) is 71.5 Å². The van der Waals surface area contributed by atoms with Gasteiger partial charge in [-0.15, -0.1) is 11.3 Å². The molecule has 1 aliphatic rings. The first kappa shape index (κ1) is 16.2. The highest BCUT2D eigenvalue weighted by Gasteiger charge is 2.28. The molecule has 1 fully saturated rings.